The van der Waals surface area contributed by atoms with Gasteiger partial charge in [-0.3, -0.25) is 0 Å². The molecule has 1 N–H and O–H groups in total. The molecule has 0 aliphatic heterocycles. The molecule has 0 aromatic carbocycles. The van der Waals surface area contributed by atoms with E-state index in [0.717, 1.165) is 0 Å². The quantitative estimate of drug-likeness (QED) is 0.759. The molecule has 1 rings (SSSR count). The van der Waals surface area contributed by atoms with Gasteiger partial charge in [0.05, 0.1) is 5.75 Å². The second-order valence-corrected chi connectivity index (χ2v) is 6.50. The van der Waals surface area contributed by atoms with Gasteiger partial charge in [-0.2, -0.15) is 0 Å². The average Bonchev–Trinajstić information content (AvgIpc) is 2.19. The third-order valence-electron chi connectivity index (χ3n) is 2.89. The van der Waals surface area contributed by atoms with E-state index < -0.39 is 9.84 Å². The van der Waals surface area contributed by atoms with Gasteiger partial charge in [0.1, 0.15) is 0 Å². The van der Waals surface area contributed by atoms with E-state index in [-0.39, 0.29) is 5.75 Å². The molecule has 0 aromatic rings. The van der Waals surface area contributed by atoms with Gasteiger partial charge in [0, 0.05) is 18.3 Å². The molecule has 84 valence electrons. The minimum atomic E-state index is -2.78. The molecular weight excluding hydrogens is 198 g/mol. The lowest BCUT2D eigenvalue weighted by Crippen LogP contribution is -2.34. The van der Waals surface area contributed by atoms with Crippen LogP contribution in [0, 0.1) is 0 Å². The van der Waals surface area contributed by atoms with Gasteiger partial charge < -0.3 is 5.32 Å². The molecule has 0 amide bonds. The molecule has 0 bridgehead atoms. The summed E-state index contributed by atoms with van der Waals surface area (Å²) in [6.07, 6.45) is 6.35. The van der Waals surface area contributed by atoms with Crippen molar-refractivity contribution in [2.45, 2.75) is 45.1 Å². The molecule has 0 unspecified atom stereocenters. The molecule has 1 fully saturated rings. The highest BCUT2D eigenvalue weighted by Crippen LogP contribution is 2.16. The largest absolute Gasteiger partial charge is 0.313 e. The summed E-state index contributed by atoms with van der Waals surface area (Å²) in [6, 6.07) is 0.566. The molecule has 0 atom stereocenters. The Morgan fingerprint density at radius 2 is 1.86 bits per heavy atom. The first-order chi connectivity index (χ1) is 6.64. The lowest BCUT2D eigenvalue weighted by Gasteiger charge is -2.22. The highest BCUT2D eigenvalue weighted by atomic mass is 32.2. The van der Waals surface area contributed by atoms with Crippen molar-refractivity contribution in [2.75, 3.05) is 18.1 Å². The number of hydrogen-bond donors (Lipinski definition) is 1. The van der Waals surface area contributed by atoms with Crippen molar-refractivity contribution in [2.24, 2.45) is 0 Å². The number of sulfone groups is 1. The van der Waals surface area contributed by atoms with Crippen molar-refractivity contribution in [3.63, 3.8) is 0 Å². The van der Waals surface area contributed by atoms with E-state index in [1.807, 2.05) is 0 Å². The monoisotopic (exact) mass is 219 g/mol. The van der Waals surface area contributed by atoms with Crippen molar-refractivity contribution in [3.05, 3.63) is 0 Å². The molecule has 1 aliphatic rings. The molecule has 1 aliphatic carbocycles. The van der Waals surface area contributed by atoms with Crippen LogP contribution in [0.4, 0.5) is 0 Å². The van der Waals surface area contributed by atoms with Crippen LogP contribution in [0.5, 0.6) is 0 Å². The molecule has 0 radical (unpaired) electrons. The summed E-state index contributed by atoms with van der Waals surface area (Å²) in [4.78, 5) is 0. The van der Waals surface area contributed by atoms with Gasteiger partial charge in [0.15, 0.2) is 9.84 Å². The lowest BCUT2D eigenvalue weighted by atomic mass is 9.96. The van der Waals surface area contributed by atoms with E-state index in [2.05, 4.69) is 5.32 Å². The molecule has 4 heteroatoms. The molecule has 1 saturated carbocycles. The summed E-state index contributed by atoms with van der Waals surface area (Å²) in [5, 5.41) is 3.33. The van der Waals surface area contributed by atoms with Crippen molar-refractivity contribution in [1.82, 2.24) is 5.32 Å². The Bertz CT molecular complexity index is 243. The molecular formula is C10H21NO2S. The van der Waals surface area contributed by atoms with Crippen LogP contribution in [0.2, 0.25) is 0 Å². The van der Waals surface area contributed by atoms with Crippen LogP contribution in [-0.2, 0) is 9.84 Å². The van der Waals surface area contributed by atoms with Gasteiger partial charge in [0.2, 0.25) is 0 Å². The first-order valence-corrected chi connectivity index (χ1v) is 7.40. The van der Waals surface area contributed by atoms with Crippen molar-refractivity contribution in [1.29, 1.82) is 0 Å². The smallest absolute Gasteiger partial charge is 0.151 e. The normalized spacial score (nSPS) is 19.8. The van der Waals surface area contributed by atoms with Gasteiger partial charge in [0.25, 0.3) is 0 Å². The Morgan fingerprint density at radius 1 is 1.21 bits per heavy atom. The van der Waals surface area contributed by atoms with Crippen molar-refractivity contribution < 1.29 is 8.42 Å². The molecule has 14 heavy (non-hydrogen) atoms. The minimum Gasteiger partial charge on any atom is -0.313 e. The summed E-state index contributed by atoms with van der Waals surface area (Å²) >= 11 is 0. The zero-order valence-electron chi connectivity index (χ0n) is 8.96. The molecule has 0 spiro atoms. The fraction of sp³-hybridized carbons (Fsp3) is 1.00. The van der Waals surface area contributed by atoms with Crippen LogP contribution in [0.25, 0.3) is 0 Å². The van der Waals surface area contributed by atoms with Crippen LogP contribution >= 0.6 is 0 Å². The van der Waals surface area contributed by atoms with Gasteiger partial charge in [-0.15, -0.1) is 0 Å². The zero-order valence-corrected chi connectivity index (χ0v) is 9.78. The fourth-order valence-electron chi connectivity index (χ4n) is 1.87. The predicted molar refractivity (Wildman–Crippen MR) is 59.2 cm³/mol. The van der Waals surface area contributed by atoms with E-state index >= 15 is 0 Å². The maximum atomic E-state index is 11.2. The van der Waals surface area contributed by atoms with Gasteiger partial charge in [-0.25, -0.2) is 8.42 Å². The molecule has 0 aromatic heterocycles. The average molecular weight is 219 g/mol. The summed E-state index contributed by atoms with van der Waals surface area (Å²) in [7, 11) is -2.78. The Morgan fingerprint density at radius 3 is 2.43 bits per heavy atom. The number of hydrogen-bond acceptors (Lipinski definition) is 3. The molecule has 3 nitrogen and oxygen atoms in total. The van der Waals surface area contributed by atoms with Crippen LogP contribution in [0.15, 0.2) is 0 Å². The fourth-order valence-corrected chi connectivity index (χ4v) is 2.59. The third-order valence-corrected chi connectivity index (χ3v) is 4.60. The second kappa shape index (κ2) is 5.71. The summed E-state index contributed by atoms with van der Waals surface area (Å²) < 4.78 is 22.4. The van der Waals surface area contributed by atoms with Crippen molar-refractivity contribution in [3.8, 4) is 0 Å². The SMILES string of the molecule is CCS(=O)(=O)CCNC1CCCCC1. The summed E-state index contributed by atoms with van der Waals surface area (Å²) in [5.74, 6) is 0.555. The Labute approximate surface area is 87.2 Å². The number of rotatable bonds is 5. The second-order valence-electron chi connectivity index (χ2n) is 4.03. The van der Waals surface area contributed by atoms with Crippen LogP contribution < -0.4 is 5.32 Å². The summed E-state index contributed by atoms with van der Waals surface area (Å²) in [5.41, 5.74) is 0. The van der Waals surface area contributed by atoms with E-state index in [1.165, 1.54) is 32.1 Å². The number of nitrogens with one attached hydrogen (secondary N) is 1. The third kappa shape index (κ3) is 4.42. The van der Waals surface area contributed by atoms with Crippen molar-refractivity contribution >= 4 is 9.84 Å². The van der Waals surface area contributed by atoms with Crippen LogP contribution in [-0.4, -0.2) is 32.5 Å². The minimum absolute atomic E-state index is 0.263. The first-order valence-electron chi connectivity index (χ1n) is 5.58. The highest BCUT2D eigenvalue weighted by molar-refractivity contribution is 7.91. The topological polar surface area (TPSA) is 46.2 Å². The molecule has 0 heterocycles. The van der Waals surface area contributed by atoms with Gasteiger partial charge in [-0.1, -0.05) is 26.2 Å². The zero-order chi connectivity index (χ0) is 10.4. The van der Waals surface area contributed by atoms with Crippen LogP contribution in [0.3, 0.4) is 0 Å². The highest BCUT2D eigenvalue weighted by Gasteiger charge is 2.13. The molecule has 0 saturated heterocycles. The van der Waals surface area contributed by atoms with E-state index in [9.17, 15) is 8.42 Å². The van der Waals surface area contributed by atoms with E-state index in [0.29, 0.717) is 18.3 Å². The maximum absolute atomic E-state index is 11.2. The Kier molecular flexibility index (Phi) is 4.89. The predicted octanol–water partition coefficient (Wildman–Crippen LogP) is 1.34. The van der Waals surface area contributed by atoms with Gasteiger partial charge >= 0.3 is 0 Å². The standard InChI is InChI=1S/C10H21NO2S/c1-2-14(12,13)9-8-11-10-6-4-3-5-7-10/h10-11H,2-9H2,1H3. The Hall–Kier alpha value is -0.0900. The summed E-state index contributed by atoms with van der Waals surface area (Å²) in [6.45, 7) is 2.33. The van der Waals surface area contributed by atoms with Gasteiger partial charge in [-0.05, 0) is 12.8 Å². The van der Waals surface area contributed by atoms with E-state index in [1.54, 1.807) is 6.92 Å². The Balaban J connectivity index is 2.14. The lowest BCUT2D eigenvalue weighted by molar-refractivity contribution is 0.380. The van der Waals surface area contributed by atoms with Crippen LogP contribution in [0.1, 0.15) is 39.0 Å². The first kappa shape index (κ1) is 12.0. The van der Waals surface area contributed by atoms with E-state index in [4.69, 9.17) is 0 Å². The maximum Gasteiger partial charge on any atom is 0.151 e.